The Labute approximate surface area is 121 Å². The number of benzene rings is 2. The van der Waals surface area contributed by atoms with Crippen molar-refractivity contribution in [1.82, 2.24) is 0 Å². The quantitative estimate of drug-likeness (QED) is 0.851. The maximum absolute atomic E-state index is 11.5. The average Bonchev–Trinajstić information content (AvgIpc) is 2.74. The van der Waals surface area contributed by atoms with Crippen molar-refractivity contribution >= 4 is 23.4 Å². The van der Waals surface area contributed by atoms with Crippen LogP contribution in [0.1, 0.15) is 11.6 Å². The van der Waals surface area contributed by atoms with Crippen molar-refractivity contribution in [2.24, 2.45) is 5.73 Å². The van der Waals surface area contributed by atoms with Crippen LogP contribution in [0.5, 0.6) is 11.5 Å². The zero-order valence-electron chi connectivity index (χ0n) is 10.9. The summed E-state index contributed by atoms with van der Waals surface area (Å²) in [6.07, 6.45) is 2.00. The number of ether oxygens (including phenoxy) is 1. The Balaban J connectivity index is 1.90. The van der Waals surface area contributed by atoms with Crippen molar-refractivity contribution in [2.75, 3.05) is 11.6 Å². The summed E-state index contributed by atoms with van der Waals surface area (Å²) in [6, 6.07) is 12.7. The summed E-state index contributed by atoms with van der Waals surface area (Å²) in [6.45, 7) is 0. The molecule has 1 aliphatic rings. The Morgan fingerprint density at radius 2 is 2.05 bits per heavy atom. The maximum atomic E-state index is 11.5. The van der Waals surface area contributed by atoms with Gasteiger partial charge in [0.25, 0.3) is 0 Å². The van der Waals surface area contributed by atoms with Gasteiger partial charge in [0.2, 0.25) is 5.91 Å². The molecule has 1 aliphatic heterocycles. The predicted octanol–water partition coefficient (Wildman–Crippen LogP) is 3.15. The number of para-hydroxylation sites is 1. The number of amides is 1. The van der Waals surface area contributed by atoms with Crippen LogP contribution < -0.4 is 15.8 Å². The number of hydrogen-bond donors (Lipinski definition) is 2. The molecular formula is C15H14N2O2S. The molecule has 0 bridgehead atoms. The van der Waals surface area contributed by atoms with Gasteiger partial charge in [0.15, 0.2) is 0 Å². The average molecular weight is 286 g/mol. The predicted molar refractivity (Wildman–Crippen MR) is 80.3 cm³/mol. The van der Waals surface area contributed by atoms with Gasteiger partial charge in [0.1, 0.15) is 17.5 Å². The van der Waals surface area contributed by atoms with E-state index in [1.165, 1.54) is 0 Å². The van der Waals surface area contributed by atoms with Crippen molar-refractivity contribution in [1.29, 1.82) is 0 Å². The second-order valence-electron chi connectivity index (χ2n) is 4.47. The van der Waals surface area contributed by atoms with Crippen molar-refractivity contribution in [3.05, 3.63) is 48.0 Å². The van der Waals surface area contributed by atoms with E-state index >= 15 is 0 Å². The molecule has 0 fully saturated rings. The van der Waals surface area contributed by atoms with Crippen LogP contribution in [0.25, 0.3) is 0 Å². The number of nitrogens with one attached hydrogen (secondary N) is 1. The van der Waals surface area contributed by atoms with Crippen LogP contribution in [0.4, 0.5) is 5.69 Å². The third-order valence-corrected chi connectivity index (χ3v) is 3.97. The second kappa shape index (κ2) is 5.19. The molecule has 3 N–H and O–H groups in total. The summed E-state index contributed by atoms with van der Waals surface area (Å²) in [7, 11) is 0. The fraction of sp³-hybridized carbons (Fsp3) is 0.133. The van der Waals surface area contributed by atoms with Crippen LogP contribution in [0, 0.1) is 0 Å². The highest BCUT2D eigenvalue weighted by molar-refractivity contribution is 7.98. The van der Waals surface area contributed by atoms with Crippen molar-refractivity contribution < 1.29 is 9.53 Å². The molecule has 1 heterocycles. The molecular weight excluding hydrogens is 272 g/mol. The van der Waals surface area contributed by atoms with Gasteiger partial charge in [-0.25, -0.2) is 0 Å². The van der Waals surface area contributed by atoms with Gasteiger partial charge in [-0.15, -0.1) is 11.8 Å². The monoisotopic (exact) mass is 286 g/mol. The molecule has 2 aromatic carbocycles. The third-order valence-electron chi connectivity index (χ3n) is 3.20. The lowest BCUT2D eigenvalue weighted by molar-refractivity contribution is -0.116. The smallest absolute Gasteiger partial charge is 0.245 e. The first-order valence-electron chi connectivity index (χ1n) is 6.20. The zero-order chi connectivity index (χ0) is 14.1. The number of hydrogen-bond acceptors (Lipinski definition) is 4. The minimum atomic E-state index is -0.586. The van der Waals surface area contributed by atoms with E-state index < -0.39 is 6.04 Å². The lowest BCUT2D eigenvalue weighted by Crippen LogP contribution is -2.19. The van der Waals surface area contributed by atoms with Gasteiger partial charge < -0.3 is 15.8 Å². The van der Waals surface area contributed by atoms with Crippen LogP contribution in [0.3, 0.4) is 0 Å². The first-order chi connectivity index (χ1) is 9.69. The molecule has 0 saturated carbocycles. The fourth-order valence-corrected chi connectivity index (χ4v) is 2.69. The van der Waals surface area contributed by atoms with E-state index in [-0.39, 0.29) is 5.91 Å². The Morgan fingerprint density at radius 1 is 1.25 bits per heavy atom. The van der Waals surface area contributed by atoms with E-state index in [0.29, 0.717) is 5.75 Å². The number of rotatable bonds is 3. The van der Waals surface area contributed by atoms with Gasteiger partial charge in [-0.1, -0.05) is 18.2 Å². The van der Waals surface area contributed by atoms with Crippen molar-refractivity contribution in [3.63, 3.8) is 0 Å². The second-order valence-corrected chi connectivity index (χ2v) is 5.32. The molecule has 1 unspecified atom stereocenters. The lowest BCUT2D eigenvalue weighted by atomic mass is 10.1. The molecule has 0 radical (unpaired) electrons. The minimum Gasteiger partial charge on any atom is -0.456 e. The molecule has 2 aromatic rings. The Bertz CT molecular complexity index is 673. The molecule has 0 aromatic heterocycles. The van der Waals surface area contributed by atoms with Crippen LogP contribution in [-0.4, -0.2) is 12.2 Å². The highest BCUT2D eigenvalue weighted by Gasteiger charge is 2.27. The van der Waals surface area contributed by atoms with Gasteiger partial charge in [-0.3, -0.25) is 4.79 Å². The number of carbonyl (C=O) groups is 1. The van der Waals surface area contributed by atoms with Crippen LogP contribution in [0.15, 0.2) is 47.4 Å². The largest absolute Gasteiger partial charge is 0.456 e. The zero-order valence-corrected chi connectivity index (χ0v) is 11.7. The fourth-order valence-electron chi connectivity index (χ4n) is 2.16. The number of anilines is 1. The number of carbonyl (C=O) groups excluding carboxylic acids is 1. The summed E-state index contributed by atoms with van der Waals surface area (Å²) in [5.41, 5.74) is 7.31. The van der Waals surface area contributed by atoms with Gasteiger partial charge in [0, 0.05) is 22.2 Å². The molecule has 20 heavy (non-hydrogen) atoms. The highest BCUT2D eigenvalue weighted by atomic mass is 32.2. The minimum absolute atomic E-state index is 0.179. The molecule has 0 saturated heterocycles. The topological polar surface area (TPSA) is 64.3 Å². The molecule has 0 aliphatic carbocycles. The summed E-state index contributed by atoms with van der Waals surface area (Å²) >= 11 is 1.63. The Kier molecular flexibility index (Phi) is 3.38. The summed E-state index contributed by atoms with van der Waals surface area (Å²) in [5.74, 6) is 1.30. The molecule has 1 atom stereocenters. The molecule has 4 nitrogen and oxygen atoms in total. The van der Waals surface area contributed by atoms with E-state index in [1.54, 1.807) is 17.8 Å². The van der Waals surface area contributed by atoms with Gasteiger partial charge >= 0.3 is 0 Å². The van der Waals surface area contributed by atoms with E-state index in [1.807, 2.05) is 42.7 Å². The van der Waals surface area contributed by atoms with E-state index in [4.69, 9.17) is 10.5 Å². The molecule has 0 spiro atoms. The van der Waals surface area contributed by atoms with Crippen LogP contribution >= 0.6 is 11.8 Å². The van der Waals surface area contributed by atoms with E-state index in [2.05, 4.69) is 5.32 Å². The molecule has 102 valence electrons. The van der Waals surface area contributed by atoms with E-state index in [9.17, 15) is 4.79 Å². The van der Waals surface area contributed by atoms with Gasteiger partial charge in [0.05, 0.1) is 0 Å². The molecule has 5 heteroatoms. The van der Waals surface area contributed by atoms with Crippen molar-refractivity contribution in [2.45, 2.75) is 10.9 Å². The molecule has 1 amide bonds. The van der Waals surface area contributed by atoms with Crippen LogP contribution in [0.2, 0.25) is 0 Å². The summed E-state index contributed by atoms with van der Waals surface area (Å²) < 4.78 is 5.88. The van der Waals surface area contributed by atoms with Crippen molar-refractivity contribution in [3.8, 4) is 11.5 Å². The first kappa shape index (κ1) is 13.0. The number of fused-ring (bicyclic) bond motifs is 1. The lowest BCUT2D eigenvalue weighted by Gasteiger charge is -2.10. The standard InChI is InChI=1S/C15H14N2O2S/c1-20-13-5-3-2-4-12(13)19-9-6-7-10-11(8-9)17-15(18)14(10)16/h2-8,14H,16H2,1H3,(H,17,18). The van der Waals surface area contributed by atoms with Gasteiger partial charge in [-0.2, -0.15) is 0 Å². The van der Waals surface area contributed by atoms with Crippen LogP contribution in [-0.2, 0) is 4.79 Å². The summed E-state index contributed by atoms with van der Waals surface area (Å²) in [4.78, 5) is 12.6. The SMILES string of the molecule is CSc1ccccc1Oc1ccc2c(c1)NC(=O)C2N. The Morgan fingerprint density at radius 3 is 2.85 bits per heavy atom. The first-order valence-corrected chi connectivity index (χ1v) is 7.43. The van der Waals surface area contributed by atoms with E-state index in [0.717, 1.165) is 21.9 Å². The Hall–Kier alpha value is -1.98. The van der Waals surface area contributed by atoms with Gasteiger partial charge in [-0.05, 0) is 24.5 Å². The number of thioether (sulfide) groups is 1. The molecule has 3 rings (SSSR count). The number of nitrogens with two attached hydrogens (primary N) is 1. The maximum Gasteiger partial charge on any atom is 0.245 e. The normalized spacial score (nSPS) is 16.7. The third kappa shape index (κ3) is 2.26. The summed E-state index contributed by atoms with van der Waals surface area (Å²) in [5, 5.41) is 2.75. The highest BCUT2D eigenvalue weighted by Crippen LogP contribution is 2.36.